The predicted molar refractivity (Wildman–Crippen MR) is 105 cm³/mol. The van der Waals surface area contributed by atoms with E-state index in [0.29, 0.717) is 5.56 Å². The lowest BCUT2D eigenvalue weighted by Crippen LogP contribution is -2.14. The van der Waals surface area contributed by atoms with Gasteiger partial charge >= 0.3 is 5.97 Å². The molecule has 25 heavy (non-hydrogen) atoms. The van der Waals surface area contributed by atoms with Crippen LogP contribution in [0, 0.1) is 0 Å². The molecule has 134 valence electrons. The van der Waals surface area contributed by atoms with E-state index in [0.717, 1.165) is 31.2 Å². The lowest BCUT2D eigenvalue weighted by atomic mass is 10.0. The van der Waals surface area contributed by atoms with E-state index in [1.807, 2.05) is 31.2 Å². The van der Waals surface area contributed by atoms with Crippen molar-refractivity contribution in [1.82, 2.24) is 0 Å². The fourth-order valence-electron chi connectivity index (χ4n) is 2.84. The molecular weight excluding hydrogens is 308 g/mol. The number of aryl methyl sites for hydroxylation is 1. The van der Waals surface area contributed by atoms with E-state index in [2.05, 4.69) is 38.1 Å². The highest BCUT2D eigenvalue weighted by molar-refractivity contribution is 5.90. The maximum absolute atomic E-state index is 12.2. The number of carbonyl (C=O) groups excluding carboxylic acids is 1. The summed E-state index contributed by atoms with van der Waals surface area (Å²) in [5, 5.41) is 0. The molecule has 0 aromatic heterocycles. The molecule has 0 spiro atoms. The van der Waals surface area contributed by atoms with Gasteiger partial charge in [0.2, 0.25) is 0 Å². The molecule has 0 aliphatic heterocycles. The number of ether oxygens (including phenoxy) is 1. The van der Waals surface area contributed by atoms with Crippen LogP contribution in [-0.2, 0) is 11.2 Å². The largest absolute Gasteiger partial charge is 0.459 e. The van der Waals surface area contributed by atoms with Gasteiger partial charge in [-0.1, -0.05) is 69.5 Å². The molecule has 0 aliphatic carbocycles. The zero-order valence-electron chi connectivity index (χ0n) is 15.8. The number of carbonyl (C=O) groups is 1. The van der Waals surface area contributed by atoms with Crippen LogP contribution < -0.4 is 0 Å². The smallest absolute Gasteiger partial charge is 0.338 e. The Balaban J connectivity index is 1.98. The van der Waals surface area contributed by atoms with Crippen LogP contribution >= 0.6 is 0 Å². The van der Waals surface area contributed by atoms with Crippen LogP contribution in [0.2, 0.25) is 0 Å². The zero-order valence-corrected chi connectivity index (χ0v) is 15.8. The third-order valence-corrected chi connectivity index (χ3v) is 4.50. The second-order valence-electron chi connectivity index (χ2n) is 6.74. The fourth-order valence-corrected chi connectivity index (χ4v) is 2.84. The van der Waals surface area contributed by atoms with Crippen LogP contribution in [-0.4, -0.2) is 12.1 Å². The highest BCUT2D eigenvalue weighted by Gasteiger charge is 2.11. The summed E-state index contributed by atoms with van der Waals surface area (Å²) in [6.07, 6.45) is 6.68. The van der Waals surface area contributed by atoms with E-state index in [9.17, 15) is 4.79 Å². The quantitative estimate of drug-likeness (QED) is 0.492. The molecule has 0 heterocycles. The van der Waals surface area contributed by atoms with Crippen LogP contribution in [0.25, 0.3) is 11.1 Å². The monoisotopic (exact) mass is 338 g/mol. The zero-order chi connectivity index (χ0) is 18.1. The number of benzene rings is 2. The molecule has 0 saturated heterocycles. The molecule has 0 radical (unpaired) electrons. The van der Waals surface area contributed by atoms with Crippen molar-refractivity contribution in [2.24, 2.45) is 0 Å². The molecule has 0 fully saturated rings. The third-order valence-electron chi connectivity index (χ3n) is 4.50. The predicted octanol–water partition coefficient (Wildman–Crippen LogP) is 6.43. The first-order chi connectivity index (χ1) is 12.1. The SMILES string of the molecule is CCCCc1ccc(-c2ccc(C(=O)OC(C)CCCC)cc2)cc1. The van der Waals surface area contributed by atoms with E-state index in [1.54, 1.807) is 0 Å². The van der Waals surface area contributed by atoms with Gasteiger partial charge in [0.15, 0.2) is 0 Å². The van der Waals surface area contributed by atoms with Gasteiger partial charge in [-0.05, 0) is 55.0 Å². The number of rotatable bonds is 9. The van der Waals surface area contributed by atoms with Crippen molar-refractivity contribution in [2.75, 3.05) is 0 Å². The Labute approximate surface area is 152 Å². The molecule has 0 aliphatic rings. The molecule has 0 N–H and O–H groups in total. The first kappa shape index (κ1) is 19.2. The Morgan fingerprint density at radius 2 is 1.44 bits per heavy atom. The van der Waals surface area contributed by atoms with Gasteiger partial charge in [0, 0.05) is 0 Å². The molecule has 2 aromatic carbocycles. The van der Waals surface area contributed by atoms with Gasteiger partial charge in [-0.15, -0.1) is 0 Å². The highest BCUT2D eigenvalue weighted by Crippen LogP contribution is 2.21. The van der Waals surface area contributed by atoms with E-state index >= 15 is 0 Å². The van der Waals surface area contributed by atoms with Gasteiger partial charge in [0.1, 0.15) is 0 Å². The molecule has 2 nitrogen and oxygen atoms in total. The maximum Gasteiger partial charge on any atom is 0.338 e. The second kappa shape index (κ2) is 10.0. The Morgan fingerprint density at radius 3 is 2.00 bits per heavy atom. The average Bonchev–Trinajstić information content (AvgIpc) is 2.65. The minimum atomic E-state index is -0.231. The number of esters is 1. The summed E-state index contributed by atoms with van der Waals surface area (Å²) in [7, 11) is 0. The van der Waals surface area contributed by atoms with Gasteiger partial charge in [-0.2, -0.15) is 0 Å². The minimum absolute atomic E-state index is 0.0252. The summed E-state index contributed by atoms with van der Waals surface area (Å²) < 4.78 is 5.50. The summed E-state index contributed by atoms with van der Waals surface area (Å²) in [6, 6.07) is 16.4. The Kier molecular flexibility index (Phi) is 7.72. The van der Waals surface area contributed by atoms with Crippen LogP contribution in [0.1, 0.15) is 68.8 Å². The summed E-state index contributed by atoms with van der Waals surface area (Å²) in [5.74, 6) is -0.231. The lowest BCUT2D eigenvalue weighted by molar-refractivity contribution is 0.0320. The first-order valence-corrected chi connectivity index (χ1v) is 9.54. The third kappa shape index (κ3) is 6.04. The topological polar surface area (TPSA) is 26.3 Å². The van der Waals surface area contributed by atoms with Gasteiger partial charge < -0.3 is 4.74 Å². The van der Waals surface area contributed by atoms with Gasteiger partial charge in [0.05, 0.1) is 11.7 Å². The van der Waals surface area contributed by atoms with Gasteiger partial charge in [-0.25, -0.2) is 4.79 Å². The number of unbranched alkanes of at least 4 members (excludes halogenated alkanes) is 2. The Hall–Kier alpha value is -2.09. The maximum atomic E-state index is 12.2. The number of hydrogen-bond donors (Lipinski definition) is 0. The standard InChI is InChI=1S/C23H30O2/c1-4-6-8-18(3)25-23(24)22-16-14-21(15-17-22)20-12-10-19(11-13-20)9-7-5-2/h10-18H,4-9H2,1-3H3. The molecule has 0 amide bonds. The highest BCUT2D eigenvalue weighted by atomic mass is 16.5. The Bertz CT molecular complexity index is 641. The minimum Gasteiger partial charge on any atom is -0.459 e. The molecule has 1 unspecified atom stereocenters. The Morgan fingerprint density at radius 1 is 0.880 bits per heavy atom. The summed E-state index contributed by atoms with van der Waals surface area (Å²) in [4.78, 5) is 12.2. The van der Waals surface area contributed by atoms with E-state index in [-0.39, 0.29) is 12.1 Å². The fraction of sp³-hybridized carbons (Fsp3) is 0.435. The van der Waals surface area contributed by atoms with Crippen LogP contribution in [0.4, 0.5) is 0 Å². The van der Waals surface area contributed by atoms with Gasteiger partial charge in [-0.3, -0.25) is 0 Å². The summed E-state index contributed by atoms with van der Waals surface area (Å²) in [5.41, 5.74) is 4.30. The molecule has 1 atom stereocenters. The summed E-state index contributed by atoms with van der Waals surface area (Å²) >= 11 is 0. The first-order valence-electron chi connectivity index (χ1n) is 9.54. The van der Waals surface area contributed by atoms with Crippen molar-refractivity contribution in [3.63, 3.8) is 0 Å². The number of hydrogen-bond acceptors (Lipinski definition) is 2. The molecule has 2 rings (SSSR count). The van der Waals surface area contributed by atoms with E-state index < -0.39 is 0 Å². The van der Waals surface area contributed by atoms with Crippen molar-refractivity contribution in [1.29, 1.82) is 0 Å². The molecular formula is C23H30O2. The van der Waals surface area contributed by atoms with Crippen molar-refractivity contribution >= 4 is 5.97 Å². The lowest BCUT2D eigenvalue weighted by Gasteiger charge is -2.13. The molecule has 0 saturated carbocycles. The van der Waals surface area contributed by atoms with E-state index in [1.165, 1.54) is 24.0 Å². The molecule has 2 heteroatoms. The van der Waals surface area contributed by atoms with Crippen LogP contribution in [0.15, 0.2) is 48.5 Å². The second-order valence-corrected chi connectivity index (χ2v) is 6.74. The van der Waals surface area contributed by atoms with Crippen molar-refractivity contribution in [2.45, 2.75) is 65.4 Å². The van der Waals surface area contributed by atoms with Crippen LogP contribution in [0.5, 0.6) is 0 Å². The van der Waals surface area contributed by atoms with Gasteiger partial charge in [0.25, 0.3) is 0 Å². The summed E-state index contributed by atoms with van der Waals surface area (Å²) in [6.45, 7) is 6.32. The normalized spacial score (nSPS) is 12.0. The molecule has 0 bridgehead atoms. The molecule has 2 aromatic rings. The van der Waals surface area contributed by atoms with E-state index in [4.69, 9.17) is 4.74 Å². The van der Waals surface area contributed by atoms with Crippen LogP contribution in [0.3, 0.4) is 0 Å². The van der Waals surface area contributed by atoms with Crippen molar-refractivity contribution in [3.05, 3.63) is 59.7 Å². The average molecular weight is 338 g/mol. The van der Waals surface area contributed by atoms with Crippen molar-refractivity contribution < 1.29 is 9.53 Å². The van der Waals surface area contributed by atoms with Crippen molar-refractivity contribution in [3.8, 4) is 11.1 Å².